The van der Waals surface area contributed by atoms with Gasteiger partial charge in [-0.2, -0.15) is 5.10 Å². The average Bonchev–Trinajstić information content (AvgIpc) is 2.78. The van der Waals surface area contributed by atoms with Crippen LogP contribution < -0.4 is 5.32 Å². The fourth-order valence-corrected chi connectivity index (χ4v) is 1.34. The first-order valence-corrected chi connectivity index (χ1v) is 4.93. The monoisotopic (exact) mass is 254 g/mol. The standard InChI is InChI=1S/C8H7ClN6O2/c9-6-2-1-5(15(16)17)8(13-6)10-3-7-11-4-12-14-7/h1-2,4H,3H2,(H,10,13)(H,11,12,14). The van der Waals surface area contributed by atoms with Crippen molar-refractivity contribution in [1.29, 1.82) is 0 Å². The van der Waals surface area contributed by atoms with E-state index in [2.05, 4.69) is 25.5 Å². The summed E-state index contributed by atoms with van der Waals surface area (Å²) in [5, 5.41) is 20.0. The van der Waals surface area contributed by atoms with Crippen molar-refractivity contribution < 1.29 is 4.92 Å². The molecule has 0 amide bonds. The van der Waals surface area contributed by atoms with E-state index in [1.165, 1.54) is 18.5 Å². The summed E-state index contributed by atoms with van der Waals surface area (Å²) in [6.07, 6.45) is 1.34. The molecule has 2 aromatic heterocycles. The Morgan fingerprint density at radius 1 is 1.53 bits per heavy atom. The minimum absolute atomic E-state index is 0.0962. The van der Waals surface area contributed by atoms with E-state index in [0.29, 0.717) is 5.82 Å². The van der Waals surface area contributed by atoms with E-state index in [1.807, 2.05) is 0 Å². The topological polar surface area (TPSA) is 110 Å². The highest BCUT2D eigenvalue weighted by Crippen LogP contribution is 2.23. The number of nitro groups is 1. The van der Waals surface area contributed by atoms with E-state index in [4.69, 9.17) is 11.6 Å². The van der Waals surface area contributed by atoms with Crippen molar-refractivity contribution >= 4 is 23.1 Å². The van der Waals surface area contributed by atoms with Gasteiger partial charge in [0.1, 0.15) is 17.3 Å². The van der Waals surface area contributed by atoms with E-state index in [0.717, 1.165) is 0 Å². The van der Waals surface area contributed by atoms with Gasteiger partial charge in [0.15, 0.2) is 0 Å². The highest BCUT2D eigenvalue weighted by molar-refractivity contribution is 6.29. The molecule has 0 fully saturated rings. The van der Waals surface area contributed by atoms with E-state index in [1.54, 1.807) is 0 Å². The van der Waals surface area contributed by atoms with Crippen LogP contribution in [0.3, 0.4) is 0 Å². The third-order valence-corrected chi connectivity index (χ3v) is 2.14. The number of halogens is 1. The molecule has 0 atom stereocenters. The van der Waals surface area contributed by atoms with E-state index >= 15 is 0 Å². The molecule has 88 valence electrons. The molecule has 2 aromatic rings. The van der Waals surface area contributed by atoms with Gasteiger partial charge in [-0.05, 0) is 6.07 Å². The van der Waals surface area contributed by atoms with Crippen LogP contribution in [0.2, 0.25) is 5.15 Å². The maximum Gasteiger partial charge on any atom is 0.311 e. The Hall–Kier alpha value is -2.22. The lowest BCUT2D eigenvalue weighted by atomic mass is 10.4. The molecule has 0 radical (unpaired) electrons. The second kappa shape index (κ2) is 4.74. The molecule has 0 saturated carbocycles. The molecule has 0 unspecified atom stereocenters. The van der Waals surface area contributed by atoms with Crippen molar-refractivity contribution in [2.45, 2.75) is 6.54 Å². The van der Waals surface area contributed by atoms with Crippen LogP contribution in [-0.4, -0.2) is 25.1 Å². The van der Waals surface area contributed by atoms with Gasteiger partial charge in [0.2, 0.25) is 5.82 Å². The van der Waals surface area contributed by atoms with Crippen LogP contribution in [0.5, 0.6) is 0 Å². The second-order valence-corrected chi connectivity index (χ2v) is 3.43. The maximum absolute atomic E-state index is 10.7. The van der Waals surface area contributed by atoms with E-state index in [9.17, 15) is 10.1 Å². The lowest BCUT2D eigenvalue weighted by molar-refractivity contribution is -0.384. The van der Waals surface area contributed by atoms with Crippen LogP contribution in [0.15, 0.2) is 18.5 Å². The molecule has 17 heavy (non-hydrogen) atoms. The lowest BCUT2D eigenvalue weighted by Gasteiger charge is -2.04. The Bertz CT molecular complexity index is 529. The summed E-state index contributed by atoms with van der Waals surface area (Å²) >= 11 is 5.67. The Labute approximate surface area is 100 Å². The first kappa shape index (κ1) is 11.3. The Balaban J connectivity index is 2.19. The molecule has 0 aliphatic heterocycles. The van der Waals surface area contributed by atoms with Gasteiger partial charge in [-0.15, -0.1) is 0 Å². The van der Waals surface area contributed by atoms with Gasteiger partial charge >= 0.3 is 5.69 Å². The third kappa shape index (κ3) is 2.67. The molecule has 2 heterocycles. The summed E-state index contributed by atoms with van der Waals surface area (Å²) < 4.78 is 0. The van der Waals surface area contributed by atoms with Crippen molar-refractivity contribution in [3.63, 3.8) is 0 Å². The molecule has 0 spiro atoms. The summed E-state index contributed by atoms with van der Waals surface area (Å²) in [5.41, 5.74) is -0.145. The fraction of sp³-hybridized carbons (Fsp3) is 0.125. The summed E-state index contributed by atoms with van der Waals surface area (Å²) in [6.45, 7) is 0.244. The van der Waals surface area contributed by atoms with Crippen LogP contribution in [0, 0.1) is 10.1 Å². The number of aromatic nitrogens is 4. The van der Waals surface area contributed by atoms with Crippen LogP contribution in [0.4, 0.5) is 11.5 Å². The number of H-pyrrole nitrogens is 1. The Kier molecular flexibility index (Phi) is 3.15. The number of nitrogens with zero attached hydrogens (tertiary/aromatic N) is 4. The van der Waals surface area contributed by atoms with Crippen LogP contribution >= 0.6 is 11.6 Å². The van der Waals surface area contributed by atoms with Gasteiger partial charge in [-0.1, -0.05) is 11.6 Å². The first-order valence-electron chi connectivity index (χ1n) is 4.56. The van der Waals surface area contributed by atoms with Crippen molar-refractivity contribution in [2.75, 3.05) is 5.32 Å². The Morgan fingerprint density at radius 3 is 3.00 bits per heavy atom. The molecule has 0 aliphatic rings. The zero-order valence-electron chi connectivity index (χ0n) is 8.42. The molecular weight excluding hydrogens is 248 g/mol. The predicted octanol–water partition coefficient (Wildman–Crippen LogP) is 1.37. The summed E-state index contributed by atoms with van der Waals surface area (Å²) in [7, 11) is 0. The first-order chi connectivity index (χ1) is 8.16. The number of rotatable bonds is 4. The van der Waals surface area contributed by atoms with Gasteiger partial charge in [0.25, 0.3) is 0 Å². The largest absolute Gasteiger partial charge is 0.357 e. The predicted molar refractivity (Wildman–Crippen MR) is 59.6 cm³/mol. The quantitative estimate of drug-likeness (QED) is 0.484. The van der Waals surface area contributed by atoms with Gasteiger partial charge < -0.3 is 5.32 Å². The van der Waals surface area contributed by atoms with Crippen molar-refractivity contribution in [3.8, 4) is 0 Å². The number of anilines is 1. The van der Waals surface area contributed by atoms with Crippen molar-refractivity contribution in [2.24, 2.45) is 0 Å². The SMILES string of the molecule is O=[N+]([O-])c1ccc(Cl)nc1NCc1ncn[nH]1. The van der Waals surface area contributed by atoms with Gasteiger partial charge in [-0.3, -0.25) is 15.2 Å². The smallest absolute Gasteiger partial charge is 0.311 e. The van der Waals surface area contributed by atoms with Crippen LogP contribution in [0.25, 0.3) is 0 Å². The molecule has 8 nitrogen and oxygen atoms in total. The van der Waals surface area contributed by atoms with Crippen molar-refractivity contribution in [3.05, 3.63) is 39.6 Å². The zero-order valence-corrected chi connectivity index (χ0v) is 9.18. The minimum Gasteiger partial charge on any atom is -0.357 e. The average molecular weight is 255 g/mol. The molecule has 9 heteroatoms. The molecule has 0 aromatic carbocycles. The molecule has 0 aliphatic carbocycles. The molecular formula is C8H7ClN6O2. The van der Waals surface area contributed by atoms with E-state index < -0.39 is 4.92 Å². The van der Waals surface area contributed by atoms with Gasteiger partial charge in [-0.25, -0.2) is 9.97 Å². The second-order valence-electron chi connectivity index (χ2n) is 3.04. The van der Waals surface area contributed by atoms with E-state index in [-0.39, 0.29) is 23.2 Å². The van der Waals surface area contributed by atoms with Crippen LogP contribution in [-0.2, 0) is 6.54 Å². The van der Waals surface area contributed by atoms with Gasteiger partial charge in [0, 0.05) is 6.07 Å². The lowest BCUT2D eigenvalue weighted by Crippen LogP contribution is -2.06. The summed E-state index contributed by atoms with van der Waals surface area (Å²) in [4.78, 5) is 17.9. The number of nitrogens with one attached hydrogen (secondary N) is 2. The highest BCUT2D eigenvalue weighted by Gasteiger charge is 2.15. The van der Waals surface area contributed by atoms with Crippen LogP contribution in [0.1, 0.15) is 5.82 Å². The molecule has 2 N–H and O–H groups in total. The highest BCUT2D eigenvalue weighted by atomic mass is 35.5. The summed E-state index contributed by atoms with van der Waals surface area (Å²) in [5.74, 6) is 0.639. The number of hydrogen-bond acceptors (Lipinski definition) is 6. The number of hydrogen-bond donors (Lipinski definition) is 2. The fourth-order valence-electron chi connectivity index (χ4n) is 1.19. The third-order valence-electron chi connectivity index (χ3n) is 1.92. The summed E-state index contributed by atoms with van der Waals surface area (Å²) in [6, 6.07) is 2.65. The molecule has 0 saturated heterocycles. The van der Waals surface area contributed by atoms with Crippen molar-refractivity contribution in [1.82, 2.24) is 20.2 Å². The molecule has 2 rings (SSSR count). The Morgan fingerprint density at radius 2 is 2.35 bits per heavy atom. The van der Waals surface area contributed by atoms with Gasteiger partial charge in [0.05, 0.1) is 11.5 Å². The molecule has 0 bridgehead atoms. The minimum atomic E-state index is -0.536. The number of aromatic amines is 1. The zero-order chi connectivity index (χ0) is 12.3. The normalized spacial score (nSPS) is 10.2. The maximum atomic E-state index is 10.7. The number of pyridine rings is 1.